The molecule has 6 nitrogen and oxygen atoms in total. The van der Waals surface area contributed by atoms with E-state index in [2.05, 4.69) is 29.1 Å². The topological polar surface area (TPSA) is 59.5 Å². The molecule has 1 atom stereocenters. The van der Waals surface area contributed by atoms with E-state index < -0.39 is 0 Å². The number of hydrogen-bond acceptors (Lipinski definition) is 4. The van der Waals surface area contributed by atoms with E-state index in [0.717, 1.165) is 45.8 Å². The van der Waals surface area contributed by atoms with Crippen LogP contribution in [-0.2, 0) is 7.05 Å². The fourth-order valence-corrected chi connectivity index (χ4v) is 4.16. The molecule has 0 fully saturated rings. The van der Waals surface area contributed by atoms with E-state index in [1.165, 1.54) is 0 Å². The van der Waals surface area contributed by atoms with E-state index in [-0.39, 0.29) is 11.7 Å². The highest BCUT2D eigenvalue weighted by molar-refractivity contribution is 5.97. The number of aromatic nitrogens is 2. The minimum absolute atomic E-state index is 0.0595. The van der Waals surface area contributed by atoms with E-state index in [4.69, 9.17) is 9.47 Å². The van der Waals surface area contributed by atoms with E-state index in [1.807, 2.05) is 42.6 Å². The van der Waals surface area contributed by atoms with Crippen molar-refractivity contribution in [1.82, 2.24) is 9.55 Å². The summed E-state index contributed by atoms with van der Waals surface area (Å²) in [6.45, 7) is 0.733. The lowest BCUT2D eigenvalue weighted by Crippen LogP contribution is -2.32. The van der Waals surface area contributed by atoms with Crippen LogP contribution in [0.2, 0.25) is 0 Å². The first kappa shape index (κ1) is 18.4. The monoisotopic (exact) mass is 401 g/mol. The normalized spacial score (nSPS) is 15.7. The third-order valence-electron chi connectivity index (χ3n) is 5.75. The lowest BCUT2D eigenvalue weighted by molar-refractivity contribution is 0.200. The zero-order valence-corrected chi connectivity index (χ0v) is 17.2. The standard InChI is InChI=1S/C24H23N3O3/c1-26-14-21(15-7-5-4-6-8-15)30-23-18(11-16(29-3)12-20(23)26)19-13-27(2)24(28)22-17(19)9-10-25-22/h4-13,21,25H,14H2,1-3H3. The fourth-order valence-electron chi connectivity index (χ4n) is 4.16. The van der Waals surface area contributed by atoms with Crippen LogP contribution in [0.15, 0.2) is 65.7 Å². The van der Waals surface area contributed by atoms with Gasteiger partial charge in [0, 0.05) is 49.1 Å². The van der Waals surface area contributed by atoms with Crippen molar-refractivity contribution in [1.29, 1.82) is 0 Å². The summed E-state index contributed by atoms with van der Waals surface area (Å²) < 4.78 is 13.8. The molecule has 6 heteroatoms. The van der Waals surface area contributed by atoms with Crippen molar-refractivity contribution in [2.24, 2.45) is 7.05 Å². The summed E-state index contributed by atoms with van der Waals surface area (Å²) in [4.78, 5) is 17.8. The first-order chi connectivity index (χ1) is 14.6. The van der Waals surface area contributed by atoms with Gasteiger partial charge in [-0.15, -0.1) is 0 Å². The van der Waals surface area contributed by atoms with Gasteiger partial charge in [-0.2, -0.15) is 0 Å². The Hall–Kier alpha value is -3.67. The van der Waals surface area contributed by atoms with Crippen molar-refractivity contribution in [3.63, 3.8) is 0 Å². The number of methoxy groups -OCH3 is 1. The summed E-state index contributed by atoms with van der Waals surface area (Å²) in [5.74, 6) is 1.54. The van der Waals surface area contributed by atoms with Gasteiger partial charge < -0.3 is 23.9 Å². The van der Waals surface area contributed by atoms with E-state index in [0.29, 0.717) is 5.52 Å². The summed E-state index contributed by atoms with van der Waals surface area (Å²) in [6, 6.07) is 16.1. The Kier molecular flexibility index (Phi) is 4.28. The number of H-pyrrole nitrogens is 1. The van der Waals surface area contributed by atoms with Gasteiger partial charge in [-0.1, -0.05) is 30.3 Å². The van der Waals surface area contributed by atoms with E-state index in [9.17, 15) is 4.79 Å². The van der Waals surface area contributed by atoms with Gasteiger partial charge in [0.05, 0.1) is 19.3 Å². The Morgan fingerprint density at radius 2 is 1.90 bits per heavy atom. The molecule has 2 aromatic heterocycles. The van der Waals surface area contributed by atoms with Crippen molar-refractivity contribution >= 4 is 16.6 Å². The molecule has 30 heavy (non-hydrogen) atoms. The Morgan fingerprint density at radius 1 is 1.10 bits per heavy atom. The minimum Gasteiger partial charge on any atom is -0.497 e. The second-order valence-electron chi connectivity index (χ2n) is 7.65. The molecular weight excluding hydrogens is 378 g/mol. The SMILES string of the molecule is COc1cc(-c2cn(C)c(=O)c3[nH]ccc23)c2c(c1)N(C)CC(c1ccccc1)O2. The second kappa shape index (κ2) is 6.99. The third-order valence-corrected chi connectivity index (χ3v) is 5.75. The number of nitrogens with one attached hydrogen (secondary N) is 1. The van der Waals surface area contributed by atoms with Gasteiger partial charge in [0.15, 0.2) is 5.75 Å². The van der Waals surface area contributed by atoms with Gasteiger partial charge in [0.25, 0.3) is 5.56 Å². The number of aromatic amines is 1. The Morgan fingerprint density at radius 3 is 2.67 bits per heavy atom. The van der Waals surface area contributed by atoms with E-state index >= 15 is 0 Å². The fraction of sp³-hybridized carbons (Fsp3) is 0.208. The molecule has 3 heterocycles. The van der Waals surface area contributed by atoms with Crippen LogP contribution >= 0.6 is 0 Å². The summed E-state index contributed by atoms with van der Waals surface area (Å²) >= 11 is 0. The van der Waals surface area contributed by atoms with Crippen LogP contribution < -0.4 is 19.9 Å². The predicted molar refractivity (Wildman–Crippen MR) is 119 cm³/mol. The molecule has 1 aliphatic rings. The van der Waals surface area contributed by atoms with Crippen molar-refractivity contribution in [2.75, 3.05) is 25.6 Å². The average molecular weight is 401 g/mol. The zero-order chi connectivity index (χ0) is 20.8. The van der Waals surface area contributed by atoms with Crippen molar-refractivity contribution in [2.45, 2.75) is 6.10 Å². The number of nitrogens with zero attached hydrogens (tertiary/aromatic N) is 2. The van der Waals surface area contributed by atoms with Crippen LogP contribution in [-0.4, -0.2) is 30.3 Å². The maximum Gasteiger partial charge on any atom is 0.274 e. The summed E-state index contributed by atoms with van der Waals surface area (Å²) in [6.07, 6.45) is 3.57. The molecule has 0 bridgehead atoms. The molecule has 1 aliphatic heterocycles. The van der Waals surface area contributed by atoms with Gasteiger partial charge >= 0.3 is 0 Å². The molecule has 4 aromatic rings. The van der Waals surface area contributed by atoms with Crippen LogP contribution in [0.1, 0.15) is 11.7 Å². The lowest BCUT2D eigenvalue weighted by Gasteiger charge is -2.35. The van der Waals surface area contributed by atoms with Gasteiger partial charge in [0.1, 0.15) is 17.4 Å². The minimum atomic E-state index is -0.0925. The molecule has 0 saturated carbocycles. The van der Waals surface area contributed by atoms with Crippen LogP contribution in [0.4, 0.5) is 5.69 Å². The number of anilines is 1. The number of aryl methyl sites for hydroxylation is 1. The molecule has 5 rings (SSSR count). The molecule has 2 aromatic carbocycles. The van der Waals surface area contributed by atoms with Crippen LogP contribution in [0.25, 0.3) is 22.0 Å². The summed E-state index contributed by atoms with van der Waals surface area (Å²) in [5.41, 5.74) is 4.44. The molecule has 0 spiro atoms. The summed E-state index contributed by atoms with van der Waals surface area (Å²) in [7, 11) is 5.49. The predicted octanol–water partition coefficient (Wildman–Crippen LogP) is 4.11. The zero-order valence-electron chi connectivity index (χ0n) is 17.2. The third kappa shape index (κ3) is 2.84. The Bertz CT molecular complexity index is 1290. The lowest BCUT2D eigenvalue weighted by atomic mass is 9.99. The number of likely N-dealkylation sites (N-methyl/N-ethyl adjacent to an activating group) is 1. The van der Waals surface area contributed by atoms with Crippen molar-refractivity contribution in [3.8, 4) is 22.6 Å². The second-order valence-corrected chi connectivity index (χ2v) is 7.65. The highest BCUT2D eigenvalue weighted by Crippen LogP contribution is 2.47. The number of pyridine rings is 1. The molecule has 0 aliphatic carbocycles. The van der Waals surface area contributed by atoms with Gasteiger partial charge in [-0.25, -0.2) is 0 Å². The van der Waals surface area contributed by atoms with Gasteiger partial charge in [-0.05, 0) is 17.7 Å². The molecule has 0 saturated heterocycles. The Balaban J connectivity index is 1.75. The maximum atomic E-state index is 12.5. The van der Waals surface area contributed by atoms with Gasteiger partial charge in [-0.3, -0.25) is 4.79 Å². The van der Waals surface area contributed by atoms with Crippen molar-refractivity contribution in [3.05, 3.63) is 76.8 Å². The number of rotatable bonds is 3. The van der Waals surface area contributed by atoms with Gasteiger partial charge in [0.2, 0.25) is 0 Å². The molecule has 1 unspecified atom stereocenters. The first-order valence-corrected chi connectivity index (χ1v) is 9.88. The Labute approximate surface area is 174 Å². The molecule has 0 amide bonds. The number of fused-ring (bicyclic) bond motifs is 2. The largest absolute Gasteiger partial charge is 0.497 e. The highest BCUT2D eigenvalue weighted by Gasteiger charge is 2.29. The van der Waals surface area contributed by atoms with Crippen LogP contribution in [0.5, 0.6) is 11.5 Å². The maximum absolute atomic E-state index is 12.5. The highest BCUT2D eigenvalue weighted by atomic mass is 16.5. The van der Waals surface area contributed by atoms with Crippen LogP contribution in [0, 0.1) is 0 Å². The number of benzene rings is 2. The van der Waals surface area contributed by atoms with E-state index in [1.54, 1.807) is 24.9 Å². The molecular formula is C24H23N3O3. The van der Waals surface area contributed by atoms with Crippen molar-refractivity contribution < 1.29 is 9.47 Å². The molecule has 1 N–H and O–H groups in total. The quantitative estimate of drug-likeness (QED) is 0.561. The number of hydrogen-bond donors (Lipinski definition) is 1. The first-order valence-electron chi connectivity index (χ1n) is 9.88. The smallest absolute Gasteiger partial charge is 0.274 e. The molecule has 152 valence electrons. The summed E-state index contributed by atoms with van der Waals surface area (Å²) in [5, 5.41) is 0.863. The molecule has 0 radical (unpaired) electrons. The number of ether oxygens (including phenoxy) is 2. The van der Waals surface area contributed by atoms with Crippen LogP contribution in [0.3, 0.4) is 0 Å². The average Bonchev–Trinajstić information content (AvgIpc) is 3.26.